The van der Waals surface area contributed by atoms with Crippen molar-refractivity contribution in [2.75, 3.05) is 11.9 Å². The number of aromatic nitrogens is 2. The molecule has 0 radical (unpaired) electrons. The first kappa shape index (κ1) is 13.3. The highest BCUT2D eigenvalue weighted by molar-refractivity contribution is 5.48. The Hall–Kier alpha value is -1.16. The van der Waals surface area contributed by atoms with E-state index in [-0.39, 0.29) is 6.04 Å². The Morgan fingerprint density at radius 3 is 2.78 bits per heavy atom. The molecule has 1 atom stereocenters. The predicted octanol–water partition coefficient (Wildman–Crippen LogP) is 2.14. The summed E-state index contributed by atoms with van der Waals surface area (Å²) in [7, 11) is 0. The fourth-order valence-corrected chi connectivity index (χ4v) is 2.79. The summed E-state index contributed by atoms with van der Waals surface area (Å²) in [6.45, 7) is 5.21. The van der Waals surface area contributed by atoms with Crippen molar-refractivity contribution in [1.29, 1.82) is 0 Å². The third-order valence-corrected chi connectivity index (χ3v) is 4.03. The summed E-state index contributed by atoms with van der Waals surface area (Å²) in [4.78, 5) is 8.69. The number of hydrogen-bond acceptors (Lipinski definition) is 4. The Labute approximate surface area is 109 Å². The molecule has 0 fully saturated rings. The maximum Gasteiger partial charge on any atom is 0.132 e. The molecule has 18 heavy (non-hydrogen) atoms. The average molecular weight is 248 g/mol. The maximum absolute atomic E-state index is 6.23. The summed E-state index contributed by atoms with van der Waals surface area (Å²) in [5.41, 5.74) is 8.74. The summed E-state index contributed by atoms with van der Waals surface area (Å²) in [5.74, 6) is 1.59. The van der Waals surface area contributed by atoms with Crippen LogP contribution in [0.2, 0.25) is 0 Å². The van der Waals surface area contributed by atoms with Gasteiger partial charge < -0.3 is 11.1 Å². The molecule has 0 saturated carbocycles. The lowest BCUT2D eigenvalue weighted by molar-refractivity contribution is 0.407. The standard InChI is InChI=1S/C14H24N4/c1-3-10(4-2)12(15)8-16-14-11-6-5-7-13(11)17-9-18-14/h9-10,12H,3-8,15H2,1-2H3,(H,16,17,18). The van der Waals surface area contributed by atoms with Crippen molar-refractivity contribution in [1.82, 2.24) is 9.97 Å². The van der Waals surface area contributed by atoms with Crippen LogP contribution in [0.5, 0.6) is 0 Å². The number of fused-ring (bicyclic) bond motifs is 1. The van der Waals surface area contributed by atoms with Gasteiger partial charge in [-0.15, -0.1) is 0 Å². The number of hydrogen-bond donors (Lipinski definition) is 2. The minimum absolute atomic E-state index is 0.201. The van der Waals surface area contributed by atoms with Gasteiger partial charge in [-0.1, -0.05) is 26.7 Å². The third-order valence-electron chi connectivity index (χ3n) is 4.03. The molecule has 1 aliphatic carbocycles. The monoisotopic (exact) mass is 248 g/mol. The predicted molar refractivity (Wildman–Crippen MR) is 74.6 cm³/mol. The van der Waals surface area contributed by atoms with E-state index in [2.05, 4.69) is 29.1 Å². The first-order chi connectivity index (χ1) is 8.76. The Morgan fingerprint density at radius 1 is 1.28 bits per heavy atom. The molecule has 2 rings (SSSR count). The number of anilines is 1. The van der Waals surface area contributed by atoms with Crippen molar-refractivity contribution in [3.8, 4) is 0 Å². The molecule has 1 aromatic heterocycles. The van der Waals surface area contributed by atoms with Crippen LogP contribution in [0.3, 0.4) is 0 Å². The molecule has 3 N–H and O–H groups in total. The Morgan fingerprint density at radius 2 is 2.06 bits per heavy atom. The fourth-order valence-electron chi connectivity index (χ4n) is 2.79. The third kappa shape index (κ3) is 2.80. The SMILES string of the molecule is CCC(CC)C(N)CNc1ncnc2c1CCC2. The molecule has 0 spiro atoms. The Bertz CT molecular complexity index is 387. The molecule has 0 aliphatic heterocycles. The van der Waals surface area contributed by atoms with E-state index in [9.17, 15) is 0 Å². The van der Waals surface area contributed by atoms with Gasteiger partial charge in [-0.25, -0.2) is 9.97 Å². The molecule has 100 valence electrons. The van der Waals surface area contributed by atoms with Crippen LogP contribution in [-0.2, 0) is 12.8 Å². The van der Waals surface area contributed by atoms with Crippen LogP contribution in [0.25, 0.3) is 0 Å². The molecule has 1 unspecified atom stereocenters. The highest BCUT2D eigenvalue weighted by Gasteiger charge is 2.18. The average Bonchev–Trinajstić information content (AvgIpc) is 2.86. The summed E-state index contributed by atoms with van der Waals surface area (Å²) >= 11 is 0. The number of nitrogens with zero attached hydrogens (tertiary/aromatic N) is 2. The summed E-state index contributed by atoms with van der Waals surface area (Å²) in [6.07, 6.45) is 7.32. The van der Waals surface area contributed by atoms with Crippen LogP contribution < -0.4 is 11.1 Å². The maximum atomic E-state index is 6.23. The van der Waals surface area contributed by atoms with Gasteiger partial charge >= 0.3 is 0 Å². The minimum atomic E-state index is 0.201. The van der Waals surface area contributed by atoms with Gasteiger partial charge in [-0.2, -0.15) is 0 Å². The second kappa shape index (κ2) is 6.14. The Balaban J connectivity index is 1.96. The molecule has 4 heteroatoms. The normalized spacial score (nSPS) is 15.8. The van der Waals surface area contributed by atoms with Crippen LogP contribution in [-0.4, -0.2) is 22.6 Å². The van der Waals surface area contributed by atoms with Crippen molar-refractivity contribution < 1.29 is 0 Å². The van der Waals surface area contributed by atoms with Gasteiger partial charge in [0.05, 0.1) is 0 Å². The van der Waals surface area contributed by atoms with Gasteiger partial charge in [0.15, 0.2) is 0 Å². The second-order valence-electron chi connectivity index (χ2n) is 5.12. The van der Waals surface area contributed by atoms with Gasteiger partial charge in [-0.3, -0.25) is 0 Å². The summed E-state index contributed by atoms with van der Waals surface area (Å²) in [6, 6.07) is 0.201. The lowest BCUT2D eigenvalue weighted by Crippen LogP contribution is -2.36. The molecule has 0 amide bonds. The number of rotatable bonds is 6. The van der Waals surface area contributed by atoms with E-state index in [0.717, 1.165) is 38.0 Å². The molecule has 0 aromatic carbocycles. The number of aryl methyl sites for hydroxylation is 1. The van der Waals surface area contributed by atoms with Crippen molar-refractivity contribution in [3.05, 3.63) is 17.6 Å². The molecule has 0 saturated heterocycles. The summed E-state index contributed by atoms with van der Waals surface area (Å²) < 4.78 is 0. The molecule has 1 aromatic rings. The van der Waals surface area contributed by atoms with E-state index in [1.807, 2.05) is 0 Å². The van der Waals surface area contributed by atoms with E-state index in [4.69, 9.17) is 5.73 Å². The lowest BCUT2D eigenvalue weighted by atomic mass is 9.95. The lowest BCUT2D eigenvalue weighted by Gasteiger charge is -2.22. The van der Waals surface area contributed by atoms with Crippen LogP contribution >= 0.6 is 0 Å². The topological polar surface area (TPSA) is 63.8 Å². The van der Waals surface area contributed by atoms with E-state index in [1.54, 1.807) is 6.33 Å². The zero-order valence-corrected chi connectivity index (χ0v) is 11.4. The van der Waals surface area contributed by atoms with Gasteiger partial charge in [-0.05, 0) is 25.2 Å². The summed E-state index contributed by atoms with van der Waals surface area (Å²) in [5, 5.41) is 3.42. The molecular formula is C14H24N4. The van der Waals surface area contributed by atoms with Crippen molar-refractivity contribution in [2.45, 2.75) is 52.0 Å². The Kier molecular flexibility index (Phi) is 4.53. The number of nitrogens with two attached hydrogens (primary N) is 1. The molecule has 4 nitrogen and oxygen atoms in total. The van der Waals surface area contributed by atoms with E-state index in [1.165, 1.54) is 17.7 Å². The van der Waals surface area contributed by atoms with Gasteiger partial charge in [0.25, 0.3) is 0 Å². The molecular weight excluding hydrogens is 224 g/mol. The van der Waals surface area contributed by atoms with Crippen LogP contribution in [0, 0.1) is 5.92 Å². The van der Waals surface area contributed by atoms with Gasteiger partial charge in [0, 0.05) is 23.8 Å². The van der Waals surface area contributed by atoms with Crippen LogP contribution in [0.1, 0.15) is 44.4 Å². The van der Waals surface area contributed by atoms with Crippen LogP contribution in [0.15, 0.2) is 6.33 Å². The fraction of sp³-hybridized carbons (Fsp3) is 0.714. The largest absolute Gasteiger partial charge is 0.368 e. The molecule has 1 aliphatic rings. The first-order valence-corrected chi connectivity index (χ1v) is 7.08. The highest BCUT2D eigenvalue weighted by atomic mass is 15.0. The second-order valence-corrected chi connectivity index (χ2v) is 5.12. The van der Waals surface area contributed by atoms with E-state index in [0.29, 0.717) is 5.92 Å². The first-order valence-electron chi connectivity index (χ1n) is 7.08. The van der Waals surface area contributed by atoms with Gasteiger partial charge in [0.1, 0.15) is 12.1 Å². The quantitative estimate of drug-likeness (QED) is 0.809. The zero-order chi connectivity index (χ0) is 13.0. The minimum Gasteiger partial charge on any atom is -0.368 e. The van der Waals surface area contributed by atoms with E-state index < -0.39 is 0 Å². The van der Waals surface area contributed by atoms with Crippen molar-refractivity contribution in [3.63, 3.8) is 0 Å². The van der Waals surface area contributed by atoms with Crippen LogP contribution in [0.4, 0.5) is 5.82 Å². The highest BCUT2D eigenvalue weighted by Crippen LogP contribution is 2.25. The van der Waals surface area contributed by atoms with Crippen molar-refractivity contribution >= 4 is 5.82 Å². The zero-order valence-electron chi connectivity index (χ0n) is 11.4. The molecule has 1 heterocycles. The van der Waals surface area contributed by atoms with Crippen molar-refractivity contribution in [2.24, 2.45) is 11.7 Å². The smallest absolute Gasteiger partial charge is 0.132 e. The van der Waals surface area contributed by atoms with Gasteiger partial charge in [0.2, 0.25) is 0 Å². The number of nitrogens with one attached hydrogen (secondary N) is 1. The van der Waals surface area contributed by atoms with E-state index >= 15 is 0 Å². The molecule has 0 bridgehead atoms.